The number of imidazole rings is 1. The lowest BCUT2D eigenvalue weighted by Gasteiger charge is -2.15. The molecule has 0 spiro atoms. The quantitative estimate of drug-likeness (QED) is 0.360. The summed E-state index contributed by atoms with van der Waals surface area (Å²) < 4.78 is 12.6. The van der Waals surface area contributed by atoms with E-state index in [1.165, 1.54) is 0 Å². The first-order chi connectivity index (χ1) is 17.5. The van der Waals surface area contributed by atoms with Crippen LogP contribution in [0.1, 0.15) is 32.6 Å². The summed E-state index contributed by atoms with van der Waals surface area (Å²) in [5.74, 6) is 1.64. The summed E-state index contributed by atoms with van der Waals surface area (Å²) >= 11 is 0. The maximum absolute atomic E-state index is 12.4. The molecule has 2 amide bonds. The molecule has 4 heterocycles. The zero-order valence-corrected chi connectivity index (χ0v) is 19.8. The summed E-state index contributed by atoms with van der Waals surface area (Å²) in [5, 5.41) is 10.4. The van der Waals surface area contributed by atoms with Crippen LogP contribution < -0.4 is 15.8 Å². The number of hydrogen-bond donors (Lipinski definition) is 2. The number of ether oxygens (including phenoxy) is 1. The van der Waals surface area contributed by atoms with Gasteiger partial charge < -0.3 is 25.3 Å². The third-order valence-electron chi connectivity index (χ3n) is 5.99. The van der Waals surface area contributed by atoms with Crippen LogP contribution >= 0.6 is 0 Å². The van der Waals surface area contributed by atoms with Crippen LogP contribution in [-0.4, -0.2) is 54.7 Å². The van der Waals surface area contributed by atoms with E-state index in [1.54, 1.807) is 36.5 Å². The van der Waals surface area contributed by atoms with E-state index in [-0.39, 0.29) is 17.6 Å². The molecular formula is C24H26N8O4. The Kier molecular flexibility index (Phi) is 6.48. The average Bonchev–Trinajstić information content (AvgIpc) is 3.57. The maximum Gasteiger partial charge on any atom is 0.224 e. The molecule has 1 aromatic carbocycles. The van der Waals surface area contributed by atoms with Gasteiger partial charge in [-0.1, -0.05) is 6.07 Å². The molecule has 5 rings (SSSR count). The Morgan fingerprint density at radius 2 is 2.17 bits per heavy atom. The van der Waals surface area contributed by atoms with Crippen molar-refractivity contribution in [1.82, 2.24) is 29.7 Å². The summed E-state index contributed by atoms with van der Waals surface area (Å²) in [6, 6.07) is 8.88. The molecule has 1 aliphatic rings. The van der Waals surface area contributed by atoms with Crippen molar-refractivity contribution in [1.29, 1.82) is 0 Å². The van der Waals surface area contributed by atoms with E-state index in [1.807, 2.05) is 16.4 Å². The predicted molar refractivity (Wildman–Crippen MR) is 131 cm³/mol. The number of pyridine rings is 1. The number of rotatable bonds is 9. The molecule has 0 aliphatic carbocycles. The number of benzene rings is 1. The van der Waals surface area contributed by atoms with Crippen LogP contribution in [0.2, 0.25) is 0 Å². The fourth-order valence-corrected chi connectivity index (χ4v) is 4.27. The Morgan fingerprint density at radius 3 is 2.92 bits per heavy atom. The largest absolute Gasteiger partial charge is 0.439 e. The van der Waals surface area contributed by atoms with Gasteiger partial charge in [0.2, 0.25) is 17.7 Å². The summed E-state index contributed by atoms with van der Waals surface area (Å²) in [6.45, 7) is 3.98. The third-order valence-corrected chi connectivity index (χ3v) is 5.99. The molecule has 3 aromatic heterocycles. The molecule has 36 heavy (non-hydrogen) atoms. The lowest BCUT2D eigenvalue weighted by molar-refractivity contribution is -0.128. The molecule has 0 saturated carbocycles. The number of hydrogen-bond acceptors (Lipinski definition) is 9. The first kappa shape index (κ1) is 23.3. The summed E-state index contributed by atoms with van der Waals surface area (Å²) in [5.41, 5.74) is 8.28. The highest BCUT2D eigenvalue weighted by atomic mass is 16.6. The fraction of sp³-hybridized carbons (Fsp3) is 0.333. The lowest BCUT2D eigenvalue weighted by Crippen LogP contribution is -2.26. The topological polar surface area (TPSA) is 154 Å². The third kappa shape index (κ3) is 4.83. The van der Waals surface area contributed by atoms with Crippen LogP contribution in [0, 0.1) is 0 Å². The van der Waals surface area contributed by atoms with Gasteiger partial charge in [0.05, 0.1) is 11.7 Å². The minimum atomic E-state index is -0.112. The van der Waals surface area contributed by atoms with E-state index in [4.69, 9.17) is 15.1 Å². The molecule has 0 bridgehead atoms. The van der Waals surface area contributed by atoms with E-state index < -0.39 is 0 Å². The molecule has 3 N–H and O–H groups in total. The van der Waals surface area contributed by atoms with Gasteiger partial charge in [0.25, 0.3) is 0 Å². The monoisotopic (exact) mass is 490 g/mol. The van der Waals surface area contributed by atoms with E-state index in [0.29, 0.717) is 66.7 Å². The molecule has 12 heteroatoms. The summed E-state index contributed by atoms with van der Waals surface area (Å²) in [6.07, 6.45) is 4.08. The van der Waals surface area contributed by atoms with Crippen molar-refractivity contribution in [3.8, 4) is 23.1 Å². The van der Waals surface area contributed by atoms with Gasteiger partial charge in [-0.15, -0.1) is 0 Å². The second kappa shape index (κ2) is 10.0. The zero-order valence-electron chi connectivity index (χ0n) is 19.8. The van der Waals surface area contributed by atoms with Crippen molar-refractivity contribution < 1.29 is 19.0 Å². The first-order valence-electron chi connectivity index (χ1n) is 11.8. The number of fused-ring (bicyclic) bond motifs is 1. The number of nitrogen functional groups attached to an aromatic ring is 1. The molecule has 0 radical (unpaired) electrons. The number of anilines is 2. The van der Waals surface area contributed by atoms with Gasteiger partial charge in [-0.05, 0) is 42.2 Å². The Labute approximate surface area is 206 Å². The van der Waals surface area contributed by atoms with Gasteiger partial charge in [-0.25, -0.2) is 14.6 Å². The number of carbonyl (C=O) groups excluding carboxylic acids is 2. The molecule has 186 valence electrons. The molecule has 12 nitrogen and oxygen atoms in total. The molecule has 4 aromatic rings. The Morgan fingerprint density at radius 1 is 1.28 bits per heavy atom. The zero-order chi connectivity index (χ0) is 25.1. The summed E-state index contributed by atoms with van der Waals surface area (Å²) in [4.78, 5) is 34.8. The van der Waals surface area contributed by atoms with E-state index in [0.717, 1.165) is 18.5 Å². The Balaban J connectivity index is 1.26. The number of likely N-dealkylation sites (tertiary alicyclic amines) is 1. The predicted octanol–water partition coefficient (Wildman–Crippen LogP) is 3.22. The number of aryl methyl sites for hydroxylation is 1. The van der Waals surface area contributed by atoms with Crippen molar-refractivity contribution in [2.45, 2.75) is 39.2 Å². The van der Waals surface area contributed by atoms with Crippen LogP contribution in [0.25, 0.3) is 22.6 Å². The van der Waals surface area contributed by atoms with Crippen LogP contribution in [0.15, 0.2) is 41.2 Å². The number of nitrogens with two attached hydrogens (primary N) is 1. The lowest BCUT2D eigenvalue weighted by atomic mass is 10.2. The molecular weight excluding hydrogens is 464 g/mol. The van der Waals surface area contributed by atoms with Crippen LogP contribution in [-0.2, 0) is 16.1 Å². The molecule has 0 unspecified atom stereocenters. The fourth-order valence-electron chi connectivity index (χ4n) is 4.27. The van der Waals surface area contributed by atoms with Crippen LogP contribution in [0.4, 0.5) is 11.5 Å². The number of nitrogens with zero attached hydrogens (tertiary/aromatic N) is 6. The van der Waals surface area contributed by atoms with Crippen molar-refractivity contribution in [2.24, 2.45) is 0 Å². The van der Waals surface area contributed by atoms with E-state index >= 15 is 0 Å². The van der Waals surface area contributed by atoms with Crippen molar-refractivity contribution in [2.75, 3.05) is 24.1 Å². The highest BCUT2D eigenvalue weighted by molar-refractivity contribution is 5.91. The minimum Gasteiger partial charge on any atom is -0.439 e. The second-order valence-corrected chi connectivity index (χ2v) is 8.45. The van der Waals surface area contributed by atoms with Gasteiger partial charge in [0.15, 0.2) is 17.3 Å². The van der Waals surface area contributed by atoms with Gasteiger partial charge in [-0.2, -0.15) is 0 Å². The Hall–Kier alpha value is -4.48. The SMILES string of the molecule is CCn1c(-c2nonc2N)nc2cnc(Oc3cccc(NC(=O)CCCN4CCCC4=O)c3)cc21. The minimum absolute atomic E-state index is 0.112. The normalized spacial score (nSPS) is 13.5. The van der Waals surface area contributed by atoms with Crippen molar-refractivity contribution >= 4 is 34.4 Å². The van der Waals surface area contributed by atoms with E-state index in [9.17, 15) is 9.59 Å². The first-order valence-corrected chi connectivity index (χ1v) is 11.8. The highest BCUT2D eigenvalue weighted by Crippen LogP contribution is 2.30. The number of aromatic nitrogens is 5. The van der Waals surface area contributed by atoms with E-state index in [2.05, 4.69) is 25.6 Å². The van der Waals surface area contributed by atoms with Crippen LogP contribution in [0.3, 0.4) is 0 Å². The maximum atomic E-state index is 12.4. The summed E-state index contributed by atoms with van der Waals surface area (Å²) in [7, 11) is 0. The molecule has 0 atom stereocenters. The molecule has 1 aliphatic heterocycles. The van der Waals surface area contributed by atoms with Gasteiger partial charge in [0, 0.05) is 50.3 Å². The molecule has 1 saturated heterocycles. The Bertz CT molecular complexity index is 1410. The van der Waals surface area contributed by atoms with Crippen molar-refractivity contribution in [3.05, 3.63) is 36.5 Å². The molecule has 1 fully saturated rings. The van der Waals surface area contributed by atoms with Gasteiger partial charge in [0.1, 0.15) is 11.3 Å². The standard InChI is InChI=1S/C24H26N8O4/c1-2-32-18-13-20(26-14-17(18)28-24(32)22-23(25)30-36-29-22)35-16-7-3-6-15(12-16)27-19(33)8-4-10-31-11-5-9-21(31)34/h3,6-7,12-14H,2,4-5,8-11H2,1H3,(H2,25,30)(H,27,33). The smallest absolute Gasteiger partial charge is 0.224 e. The van der Waals surface area contributed by atoms with Gasteiger partial charge >= 0.3 is 0 Å². The average molecular weight is 491 g/mol. The number of nitrogens with one attached hydrogen (secondary N) is 1. The number of carbonyl (C=O) groups is 2. The highest BCUT2D eigenvalue weighted by Gasteiger charge is 2.20. The van der Waals surface area contributed by atoms with Crippen LogP contribution in [0.5, 0.6) is 11.6 Å². The number of amides is 2. The van der Waals surface area contributed by atoms with Crippen molar-refractivity contribution in [3.63, 3.8) is 0 Å². The van der Waals surface area contributed by atoms with Gasteiger partial charge in [-0.3, -0.25) is 9.59 Å². The second-order valence-electron chi connectivity index (χ2n) is 8.45.